The number of H-pyrrole nitrogens is 1. The van der Waals surface area contributed by atoms with Gasteiger partial charge in [-0.1, -0.05) is 30.3 Å². The molecule has 2 aromatic heterocycles. The van der Waals surface area contributed by atoms with Gasteiger partial charge in [-0.25, -0.2) is 14.6 Å². The Morgan fingerprint density at radius 1 is 0.844 bits per heavy atom. The molecule has 240 valence electrons. The average molecular weight is 617 g/mol. The number of carbonyl (C=O) groups excluding carboxylic acids is 3. The van der Waals surface area contributed by atoms with Crippen LogP contribution in [0.2, 0.25) is 0 Å². The molecule has 5 rings (SSSR count). The van der Waals surface area contributed by atoms with Gasteiger partial charge in [0.05, 0.1) is 17.8 Å². The van der Waals surface area contributed by atoms with Crippen molar-refractivity contribution in [2.45, 2.75) is 90.5 Å². The van der Waals surface area contributed by atoms with Gasteiger partial charge in [0.15, 0.2) is 0 Å². The van der Waals surface area contributed by atoms with Crippen molar-refractivity contribution in [1.29, 1.82) is 0 Å². The van der Waals surface area contributed by atoms with E-state index >= 15 is 0 Å². The highest BCUT2D eigenvalue weighted by atomic mass is 16.6. The molecule has 0 radical (unpaired) electrons. The molecule has 0 bridgehead atoms. The third kappa shape index (κ3) is 8.01. The first-order valence-electron chi connectivity index (χ1n) is 15.7. The first-order chi connectivity index (χ1) is 21.3. The highest BCUT2D eigenvalue weighted by molar-refractivity contribution is 5.92. The normalized spacial score (nSPS) is 18.6. The fourth-order valence-corrected chi connectivity index (χ4v) is 5.69. The van der Waals surface area contributed by atoms with Crippen molar-refractivity contribution in [3.8, 4) is 22.4 Å². The van der Waals surface area contributed by atoms with Crippen LogP contribution in [-0.4, -0.2) is 79.7 Å². The maximum absolute atomic E-state index is 12.8. The van der Waals surface area contributed by atoms with Gasteiger partial charge >= 0.3 is 12.2 Å². The molecular formula is C34H44N6O5. The number of benzene rings is 1. The first-order valence-corrected chi connectivity index (χ1v) is 15.7. The summed E-state index contributed by atoms with van der Waals surface area (Å²) >= 11 is 0. The molecule has 2 atom stereocenters. The van der Waals surface area contributed by atoms with Crippen LogP contribution in [0, 0.1) is 0 Å². The van der Waals surface area contributed by atoms with Crippen LogP contribution in [0.1, 0.15) is 89.6 Å². The molecule has 0 saturated carbocycles. The molecule has 2 fully saturated rings. The maximum atomic E-state index is 12.8. The van der Waals surface area contributed by atoms with Crippen LogP contribution in [0.4, 0.5) is 9.59 Å². The Kier molecular flexibility index (Phi) is 9.18. The number of hydrogen-bond donors (Lipinski definition) is 2. The quantitative estimate of drug-likeness (QED) is 0.331. The van der Waals surface area contributed by atoms with E-state index in [0.717, 1.165) is 53.9 Å². The van der Waals surface area contributed by atoms with Gasteiger partial charge in [-0.05, 0) is 78.9 Å². The van der Waals surface area contributed by atoms with Crippen LogP contribution in [0.3, 0.4) is 0 Å². The van der Waals surface area contributed by atoms with Crippen molar-refractivity contribution in [3.63, 3.8) is 0 Å². The Hall–Kier alpha value is -4.41. The molecule has 3 amide bonds. The van der Waals surface area contributed by atoms with Gasteiger partial charge in [-0.3, -0.25) is 14.7 Å². The Morgan fingerprint density at radius 2 is 1.44 bits per heavy atom. The summed E-state index contributed by atoms with van der Waals surface area (Å²) in [6, 6.07) is 11.3. The number of likely N-dealkylation sites (tertiary alicyclic amines) is 2. The Bertz CT molecular complexity index is 1500. The van der Waals surface area contributed by atoms with Crippen molar-refractivity contribution >= 4 is 18.1 Å². The first kappa shape index (κ1) is 32.0. The average Bonchev–Trinajstić information content (AvgIpc) is 3.75. The van der Waals surface area contributed by atoms with Crippen molar-refractivity contribution in [3.05, 3.63) is 60.3 Å². The largest absolute Gasteiger partial charge is 0.444 e. The highest BCUT2D eigenvalue weighted by Gasteiger charge is 2.35. The lowest BCUT2D eigenvalue weighted by Crippen LogP contribution is -2.45. The van der Waals surface area contributed by atoms with Crippen molar-refractivity contribution in [2.75, 3.05) is 19.6 Å². The molecule has 0 unspecified atom stereocenters. The number of pyridine rings is 1. The predicted molar refractivity (Wildman–Crippen MR) is 170 cm³/mol. The minimum absolute atomic E-state index is 0.103. The lowest BCUT2D eigenvalue weighted by Gasteiger charge is -2.28. The van der Waals surface area contributed by atoms with Crippen molar-refractivity contribution in [1.82, 2.24) is 30.1 Å². The number of ether oxygens (including phenoxy) is 2. The van der Waals surface area contributed by atoms with Crippen LogP contribution in [0.5, 0.6) is 0 Å². The second-order valence-electron chi connectivity index (χ2n) is 13.7. The number of nitrogens with zero attached hydrogens (tertiary/aromatic N) is 4. The summed E-state index contributed by atoms with van der Waals surface area (Å²) in [6.45, 7) is 12.7. The summed E-state index contributed by atoms with van der Waals surface area (Å²) in [4.78, 5) is 54.0. The Labute approximate surface area is 264 Å². The lowest BCUT2D eigenvalue weighted by molar-refractivity contribution is 0.0211. The highest BCUT2D eigenvalue weighted by Crippen LogP contribution is 2.33. The van der Waals surface area contributed by atoms with Gasteiger partial charge in [0.1, 0.15) is 22.7 Å². The number of carbonyl (C=O) groups is 3. The van der Waals surface area contributed by atoms with Crippen molar-refractivity contribution in [2.24, 2.45) is 0 Å². The minimum atomic E-state index is -0.565. The summed E-state index contributed by atoms with van der Waals surface area (Å²) in [5.41, 5.74) is 2.78. The zero-order valence-electron chi connectivity index (χ0n) is 27.1. The van der Waals surface area contributed by atoms with E-state index in [4.69, 9.17) is 14.5 Å². The summed E-state index contributed by atoms with van der Waals surface area (Å²) in [7, 11) is 0. The Balaban J connectivity index is 1.17. The third-order valence-corrected chi connectivity index (χ3v) is 7.81. The van der Waals surface area contributed by atoms with Crippen LogP contribution >= 0.6 is 0 Å². The SMILES string of the molecule is CC(C)(C)OC(=O)N1CCC[C@H]1CNC(=O)c1ccc(-c2ccc(-c3c[nH]c([C@@H]4CCCN4C(=O)OC(C)(C)C)n3)cc2)cn1. The molecule has 1 aromatic carbocycles. The van der Waals surface area contributed by atoms with Gasteiger partial charge in [-0.15, -0.1) is 0 Å². The summed E-state index contributed by atoms with van der Waals surface area (Å²) in [5, 5.41) is 2.92. The molecule has 11 heteroatoms. The molecule has 2 saturated heterocycles. The zero-order chi connectivity index (χ0) is 32.4. The standard InChI is InChI=1S/C34H44N6O5/c1-33(2,3)44-31(42)39-17-7-9-25(39)20-37-30(41)26-16-15-24(19-35-26)22-11-13-23(14-12-22)27-21-36-29(38-27)28-10-8-18-40(28)32(43)45-34(4,5)6/h11-16,19,21,25,28H,7-10,17-18,20H2,1-6H3,(H,36,38)(H,37,41)/t25-,28-/m0/s1. The lowest BCUT2D eigenvalue weighted by atomic mass is 10.0. The molecule has 3 aromatic rings. The van der Waals surface area contributed by atoms with E-state index in [0.29, 0.717) is 25.3 Å². The van der Waals surface area contributed by atoms with Crippen LogP contribution in [0.25, 0.3) is 22.4 Å². The number of aromatic nitrogens is 3. The zero-order valence-corrected chi connectivity index (χ0v) is 27.1. The minimum Gasteiger partial charge on any atom is -0.444 e. The van der Waals surface area contributed by atoms with E-state index in [1.807, 2.05) is 78.1 Å². The maximum Gasteiger partial charge on any atom is 0.410 e. The van der Waals surface area contributed by atoms with Gasteiger partial charge in [0, 0.05) is 43.2 Å². The second-order valence-corrected chi connectivity index (χ2v) is 13.7. The molecular weight excluding hydrogens is 572 g/mol. The van der Waals surface area contributed by atoms with Crippen LogP contribution < -0.4 is 5.32 Å². The molecule has 4 heterocycles. The molecule has 11 nitrogen and oxygen atoms in total. The third-order valence-electron chi connectivity index (χ3n) is 7.81. The summed E-state index contributed by atoms with van der Waals surface area (Å²) < 4.78 is 11.1. The number of aromatic amines is 1. The molecule has 2 aliphatic rings. The summed E-state index contributed by atoms with van der Waals surface area (Å²) in [6.07, 6.45) is 6.30. The number of hydrogen-bond acceptors (Lipinski definition) is 7. The second kappa shape index (κ2) is 12.9. The van der Waals surface area contributed by atoms with Gasteiger partial charge in [0.25, 0.3) is 5.91 Å². The molecule has 0 aliphatic carbocycles. The van der Waals surface area contributed by atoms with E-state index in [2.05, 4.69) is 15.3 Å². The van der Waals surface area contributed by atoms with E-state index in [9.17, 15) is 14.4 Å². The van der Waals surface area contributed by atoms with E-state index < -0.39 is 11.2 Å². The number of rotatable bonds is 6. The molecule has 2 N–H and O–H groups in total. The van der Waals surface area contributed by atoms with Gasteiger partial charge in [-0.2, -0.15) is 0 Å². The molecule has 2 aliphatic heterocycles. The summed E-state index contributed by atoms with van der Waals surface area (Å²) in [5.74, 6) is 0.468. The monoisotopic (exact) mass is 616 g/mol. The Morgan fingerprint density at radius 3 is 2.09 bits per heavy atom. The molecule has 0 spiro atoms. The number of amides is 3. The smallest absolute Gasteiger partial charge is 0.410 e. The number of imidazole rings is 1. The van der Waals surface area contributed by atoms with E-state index in [1.165, 1.54) is 0 Å². The van der Waals surface area contributed by atoms with E-state index in [1.54, 1.807) is 22.1 Å². The van der Waals surface area contributed by atoms with E-state index in [-0.39, 0.29) is 30.2 Å². The topological polar surface area (TPSA) is 130 Å². The van der Waals surface area contributed by atoms with Gasteiger partial charge in [0.2, 0.25) is 0 Å². The fourth-order valence-electron chi connectivity index (χ4n) is 5.69. The van der Waals surface area contributed by atoms with Crippen LogP contribution in [-0.2, 0) is 9.47 Å². The van der Waals surface area contributed by atoms with Gasteiger partial charge < -0.3 is 24.7 Å². The van der Waals surface area contributed by atoms with Crippen LogP contribution in [0.15, 0.2) is 48.8 Å². The molecule has 45 heavy (non-hydrogen) atoms. The fraction of sp³-hybridized carbons (Fsp3) is 0.500. The predicted octanol–water partition coefficient (Wildman–Crippen LogP) is 6.34. The number of nitrogens with one attached hydrogen (secondary N) is 2. The van der Waals surface area contributed by atoms with Crippen molar-refractivity contribution < 1.29 is 23.9 Å².